The van der Waals surface area contributed by atoms with Crippen LogP contribution in [-0.4, -0.2) is 26.4 Å². The van der Waals surface area contributed by atoms with Crippen LogP contribution >= 0.6 is 11.8 Å². The topological polar surface area (TPSA) is 98.2 Å². The summed E-state index contributed by atoms with van der Waals surface area (Å²) < 4.78 is 1.91. The van der Waals surface area contributed by atoms with E-state index >= 15 is 0 Å². The minimum atomic E-state index is -1.20. The summed E-state index contributed by atoms with van der Waals surface area (Å²) in [5.41, 5.74) is 8.77. The van der Waals surface area contributed by atoms with Crippen LogP contribution in [0.5, 0.6) is 0 Å². The van der Waals surface area contributed by atoms with E-state index in [1.807, 2.05) is 30.5 Å². The smallest absolute Gasteiger partial charge is 0.341 e. The van der Waals surface area contributed by atoms with Crippen molar-refractivity contribution in [2.24, 2.45) is 0 Å². The van der Waals surface area contributed by atoms with Crippen LogP contribution in [-0.2, 0) is 0 Å². The second-order valence-electron chi connectivity index (χ2n) is 6.51. The maximum Gasteiger partial charge on any atom is 0.341 e. The number of rotatable bonds is 2. The predicted octanol–water partition coefficient (Wildman–Crippen LogP) is 3.32. The number of aromatic nitrogens is 2. The summed E-state index contributed by atoms with van der Waals surface area (Å²) in [5, 5.41) is 9.80. The second kappa shape index (κ2) is 5.88. The van der Waals surface area contributed by atoms with Crippen LogP contribution in [0.25, 0.3) is 22.0 Å². The zero-order chi connectivity index (χ0) is 18.6. The van der Waals surface area contributed by atoms with Gasteiger partial charge in [0.05, 0.1) is 5.52 Å². The van der Waals surface area contributed by atoms with Crippen LogP contribution in [0.1, 0.15) is 28.9 Å². The van der Waals surface area contributed by atoms with Crippen molar-refractivity contribution < 1.29 is 9.90 Å². The molecule has 3 heterocycles. The fourth-order valence-electron chi connectivity index (χ4n) is 3.31. The maximum absolute atomic E-state index is 12.6. The Morgan fingerprint density at radius 2 is 2.19 bits per heavy atom. The third-order valence-corrected chi connectivity index (χ3v) is 6.10. The fourth-order valence-corrected chi connectivity index (χ4v) is 4.57. The summed E-state index contributed by atoms with van der Waals surface area (Å²) in [4.78, 5) is 29.3. The number of aromatic carboxylic acids is 1. The minimum Gasteiger partial charge on any atom is -0.477 e. The molecule has 0 saturated heterocycles. The normalized spacial score (nSPS) is 16.0. The zero-order valence-electron chi connectivity index (χ0n) is 14.3. The van der Waals surface area contributed by atoms with Crippen LogP contribution < -0.4 is 11.2 Å². The van der Waals surface area contributed by atoms with Gasteiger partial charge in [-0.15, -0.1) is 11.8 Å². The fraction of sp³-hybridized carbons (Fsp3) is 0.211. The van der Waals surface area contributed by atoms with Crippen molar-refractivity contribution in [3.8, 4) is 11.1 Å². The molecule has 0 aliphatic carbocycles. The number of hydrogen-bond acceptors (Lipinski definition) is 5. The van der Waals surface area contributed by atoms with Crippen LogP contribution in [0.4, 0.5) is 5.82 Å². The Labute approximate surface area is 153 Å². The molecule has 1 aliphatic heterocycles. The van der Waals surface area contributed by atoms with Crippen molar-refractivity contribution in [1.29, 1.82) is 0 Å². The van der Waals surface area contributed by atoms with Gasteiger partial charge >= 0.3 is 5.97 Å². The number of carboxylic acid groups (broad SMARTS) is 1. The Kier molecular flexibility index (Phi) is 3.77. The molecule has 1 atom stereocenters. The number of aryl methyl sites for hydroxylation is 1. The number of benzene rings is 1. The van der Waals surface area contributed by atoms with Crippen molar-refractivity contribution >= 4 is 34.5 Å². The lowest BCUT2D eigenvalue weighted by Gasteiger charge is -2.27. The molecule has 0 radical (unpaired) electrons. The summed E-state index contributed by atoms with van der Waals surface area (Å²) in [5.74, 6) is 0.0881. The molecule has 2 aromatic heterocycles. The number of carboxylic acids is 1. The Hall–Kier alpha value is -2.80. The van der Waals surface area contributed by atoms with E-state index < -0.39 is 11.4 Å². The highest BCUT2D eigenvalue weighted by atomic mass is 32.2. The summed E-state index contributed by atoms with van der Waals surface area (Å²) in [7, 11) is 0. The number of nitrogens with zero attached hydrogens (tertiary/aromatic N) is 2. The van der Waals surface area contributed by atoms with Gasteiger partial charge in [-0.1, -0.05) is 6.07 Å². The first kappa shape index (κ1) is 16.7. The van der Waals surface area contributed by atoms with Gasteiger partial charge in [0, 0.05) is 40.0 Å². The monoisotopic (exact) mass is 367 g/mol. The van der Waals surface area contributed by atoms with Gasteiger partial charge in [-0.2, -0.15) is 0 Å². The van der Waals surface area contributed by atoms with E-state index in [0.717, 1.165) is 32.9 Å². The molecule has 26 heavy (non-hydrogen) atoms. The Balaban J connectivity index is 2.08. The van der Waals surface area contributed by atoms with E-state index in [9.17, 15) is 14.7 Å². The SMILES string of the molecule is Cc1cc(-c2ccc3c(=O)c(C(=O)O)cn4c3c2SC[C@@H]4C)cnc1N. The van der Waals surface area contributed by atoms with Crippen molar-refractivity contribution in [1.82, 2.24) is 9.55 Å². The first-order valence-electron chi connectivity index (χ1n) is 8.19. The molecular weight excluding hydrogens is 350 g/mol. The van der Waals surface area contributed by atoms with Crippen LogP contribution in [0.15, 0.2) is 40.3 Å². The average Bonchev–Trinajstić information content (AvgIpc) is 2.61. The lowest BCUT2D eigenvalue weighted by Crippen LogP contribution is -2.23. The Morgan fingerprint density at radius 1 is 1.42 bits per heavy atom. The molecule has 132 valence electrons. The maximum atomic E-state index is 12.6. The number of anilines is 1. The molecule has 4 rings (SSSR count). The molecule has 1 aliphatic rings. The molecule has 0 unspecified atom stereocenters. The molecule has 0 fully saturated rings. The number of carbonyl (C=O) groups is 1. The minimum absolute atomic E-state index is 0.0928. The highest BCUT2D eigenvalue weighted by molar-refractivity contribution is 7.99. The van der Waals surface area contributed by atoms with Gasteiger partial charge < -0.3 is 15.4 Å². The van der Waals surface area contributed by atoms with Crippen LogP contribution in [0, 0.1) is 6.92 Å². The third-order valence-electron chi connectivity index (χ3n) is 4.75. The van der Waals surface area contributed by atoms with E-state index in [-0.39, 0.29) is 11.6 Å². The largest absolute Gasteiger partial charge is 0.477 e. The first-order chi connectivity index (χ1) is 12.4. The van der Waals surface area contributed by atoms with Gasteiger partial charge in [-0.25, -0.2) is 9.78 Å². The molecule has 1 aromatic carbocycles. The molecule has 3 N–H and O–H groups in total. The molecule has 0 amide bonds. The van der Waals surface area contributed by atoms with Gasteiger partial charge in [0.15, 0.2) is 0 Å². The first-order valence-corrected chi connectivity index (χ1v) is 9.17. The predicted molar refractivity (Wildman–Crippen MR) is 103 cm³/mol. The number of nitrogens with two attached hydrogens (primary N) is 1. The third kappa shape index (κ3) is 2.39. The summed E-state index contributed by atoms with van der Waals surface area (Å²) >= 11 is 1.68. The van der Waals surface area contributed by atoms with Crippen LogP contribution in [0.2, 0.25) is 0 Å². The lowest BCUT2D eigenvalue weighted by molar-refractivity contribution is 0.0694. The quantitative estimate of drug-likeness (QED) is 0.721. The number of thioether (sulfide) groups is 1. The summed E-state index contributed by atoms with van der Waals surface area (Å²) in [6.07, 6.45) is 3.20. The van der Waals surface area contributed by atoms with Gasteiger partial charge in [0.25, 0.3) is 0 Å². The molecule has 0 bridgehead atoms. The number of nitrogen functional groups attached to an aromatic ring is 1. The number of pyridine rings is 2. The summed E-state index contributed by atoms with van der Waals surface area (Å²) in [6, 6.07) is 5.65. The molecule has 7 heteroatoms. The van der Waals surface area contributed by atoms with Crippen molar-refractivity contribution in [3.63, 3.8) is 0 Å². The highest BCUT2D eigenvalue weighted by Gasteiger charge is 2.25. The second-order valence-corrected chi connectivity index (χ2v) is 7.54. The molecule has 0 spiro atoms. The highest BCUT2D eigenvalue weighted by Crippen LogP contribution is 2.42. The number of hydrogen-bond donors (Lipinski definition) is 2. The van der Waals surface area contributed by atoms with Gasteiger partial charge in [0.2, 0.25) is 5.43 Å². The van der Waals surface area contributed by atoms with E-state index in [1.54, 1.807) is 24.0 Å². The van der Waals surface area contributed by atoms with Gasteiger partial charge in [-0.05, 0) is 37.1 Å². The van der Waals surface area contributed by atoms with E-state index in [0.29, 0.717) is 11.2 Å². The Morgan fingerprint density at radius 3 is 2.88 bits per heavy atom. The molecule has 3 aromatic rings. The Bertz CT molecular complexity index is 1140. The van der Waals surface area contributed by atoms with E-state index in [1.165, 1.54) is 6.20 Å². The van der Waals surface area contributed by atoms with Crippen molar-refractivity contribution in [3.05, 3.63) is 51.9 Å². The molecule has 6 nitrogen and oxygen atoms in total. The van der Waals surface area contributed by atoms with Crippen LogP contribution in [0.3, 0.4) is 0 Å². The summed E-state index contributed by atoms with van der Waals surface area (Å²) in [6.45, 7) is 3.93. The van der Waals surface area contributed by atoms with Gasteiger partial charge in [0.1, 0.15) is 11.4 Å². The average molecular weight is 367 g/mol. The van der Waals surface area contributed by atoms with E-state index in [2.05, 4.69) is 4.98 Å². The van der Waals surface area contributed by atoms with E-state index in [4.69, 9.17) is 5.73 Å². The van der Waals surface area contributed by atoms with Crippen molar-refractivity contribution in [2.75, 3.05) is 11.5 Å². The molecular formula is C19H17N3O3S. The van der Waals surface area contributed by atoms with Gasteiger partial charge in [-0.3, -0.25) is 4.79 Å². The lowest BCUT2D eigenvalue weighted by atomic mass is 10.0. The van der Waals surface area contributed by atoms with Crippen molar-refractivity contribution in [2.45, 2.75) is 24.8 Å². The zero-order valence-corrected chi connectivity index (χ0v) is 15.1. The standard InChI is InChI=1S/C19H17N3O3S/c1-9-5-11(6-21-18(9)20)12-3-4-13-15-17(12)26-8-10(2)22(15)7-14(16(13)23)19(24)25/h3-7,10H,8H2,1-2H3,(H2,20,21)(H,24,25)/t10-/m0/s1. The molecule has 0 saturated carbocycles.